The van der Waals surface area contributed by atoms with Crippen molar-refractivity contribution in [2.45, 2.75) is 70.8 Å². The summed E-state index contributed by atoms with van der Waals surface area (Å²) in [6, 6.07) is 6.79. The normalized spacial score (nSPS) is 13.7. The molecule has 0 radical (unpaired) electrons. The number of nitrogens with two attached hydrogens (primary N) is 3. The van der Waals surface area contributed by atoms with Gasteiger partial charge in [0.05, 0.1) is 18.5 Å². The lowest BCUT2D eigenvalue weighted by Crippen LogP contribution is -2.68. The summed E-state index contributed by atoms with van der Waals surface area (Å²) < 4.78 is 31.5. The summed E-state index contributed by atoms with van der Waals surface area (Å²) in [6.07, 6.45) is -2.91. The van der Waals surface area contributed by atoms with Gasteiger partial charge in [-0.25, -0.2) is 5.84 Å². The van der Waals surface area contributed by atoms with Crippen LogP contribution in [0, 0.1) is 11.8 Å². The summed E-state index contributed by atoms with van der Waals surface area (Å²) in [7, 11) is 0. The van der Waals surface area contributed by atoms with Crippen LogP contribution in [0.3, 0.4) is 0 Å². The van der Waals surface area contributed by atoms with E-state index in [-0.39, 0.29) is 31.4 Å². The van der Waals surface area contributed by atoms with E-state index < -0.39 is 72.2 Å². The monoisotopic (exact) mass is 717 g/mol. The minimum Gasteiger partial charge on any atom is -0.542 e. The molecule has 0 saturated carbocycles. The molecule has 0 aliphatic carbocycles. The van der Waals surface area contributed by atoms with Crippen LogP contribution in [-0.4, -0.2) is 84.0 Å². The zero-order valence-electron chi connectivity index (χ0n) is 27.9. The summed E-state index contributed by atoms with van der Waals surface area (Å²) in [5.74, 6) is -2.22. The summed E-state index contributed by atoms with van der Waals surface area (Å²) in [5, 5.41) is 25.9. The molecule has 0 aliphatic heterocycles. The van der Waals surface area contributed by atoms with Crippen LogP contribution >= 0.6 is 0 Å². The van der Waals surface area contributed by atoms with Crippen molar-refractivity contribution in [3.63, 3.8) is 0 Å². The van der Waals surface area contributed by atoms with E-state index >= 15 is 0 Å². The van der Waals surface area contributed by atoms with Crippen molar-refractivity contribution in [2.24, 2.45) is 34.1 Å². The van der Waals surface area contributed by atoms with Crippen LogP contribution < -0.4 is 49.5 Å². The Kier molecular flexibility index (Phi) is 20.1. The first-order valence-electron chi connectivity index (χ1n) is 15.2. The molecule has 0 aliphatic rings. The number of quaternary nitrogens is 1. The predicted molar refractivity (Wildman–Crippen MR) is 171 cm³/mol. The number of carboxylic acids is 2. The molecule has 50 heavy (non-hydrogen) atoms. The SMILES string of the molecule is C/C(=C\[C@@H](Cc1ccccc1)NC(=O)[C@@H]([NH3+])CC(=O)O)[C@@H](C(=O)N[C@@H](CCCN=C(N)N)C(=O)NCC(=O)NN)C(C)C.O=C([O-])C(F)(F)F. The van der Waals surface area contributed by atoms with E-state index in [1.54, 1.807) is 13.0 Å². The summed E-state index contributed by atoms with van der Waals surface area (Å²) in [4.78, 5) is 74.6. The van der Waals surface area contributed by atoms with Crippen molar-refractivity contribution in [2.75, 3.05) is 13.1 Å². The molecule has 280 valence electrons. The first kappa shape index (κ1) is 44.8. The van der Waals surface area contributed by atoms with E-state index in [4.69, 9.17) is 32.3 Å². The van der Waals surface area contributed by atoms with E-state index in [9.17, 15) is 37.1 Å². The Morgan fingerprint density at radius 1 is 1.02 bits per heavy atom. The van der Waals surface area contributed by atoms with Crippen molar-refractivity contribution in [1.82, 2.24) is 21.4 Å². The van der Waals surface area contributed by atoms with Gasteiger partial charge in [-0.3, -0.25) is 34.4 Å². The second-order valence-electron chi connectivity index (χ2n) is 11.3. The quantitative estimate of drug-likeness (QED) is 0.0140. The summed E-state index contributed by atoms with van der Waals surface area (Å²) in [6.45, 7) is 5.31. The number of guanidine groups is 1. The number of hydrazine groups is 1. The number of nitrogens with zero attached hydrogens (tertiary/aromatic N) is 1. The zero-order valence-corrected chi connectivity index (χ0v) is 27.9. The lowest BCUT2D eigenvalue weighted by atomic mass is 9.86. The molecule has 17 nitrogen and oxygen atoms in total. The van der Waals surface area contributed by atoms with Crippen LogP contribution in [0.1, 0.15) is 45.6 Å². The highest BCUT2D eigenvalue weighted by molar-refractivity contribution is 5.91. The largest absolute Gasteiger partial charge is 0.542 e. The molecular formula is C30H46F3N9O8. The molecule has 0 heterocycles. The summed E-state index contributed by atoms with van der Waals surface area (Å²) in [5.41, 5.74) is 17.9. The van der Waals surface area contributed by atoms with Crippen LogP contribution in [0.2, 0.25) is 0 Å². The standard InChI is InChI=1S/C28H45N9O6.C2HF3O2/c1-16(2)24(27(43)36-21(10-7-11-33-28(30)31)26(42)34-15-22(38)37-32)17(3)12-19(13-18-8-5-4-6-9-18)35-25(41)20(29)14-23(39)40;3-2(4,5)1(6)7/h4-6,8-9,12,16,19-21,24H,7,10-11,13-15,29,32H2,1-3H3,(H,34,42)(H,35,41)(H,36,43)(H,37,38)(H,39,40)(H4,30,31,33);(H,6,7)/b17-12+;/t19-,20-,21-,24-;/m0./s1. The first-order chi connectivity index (χ1) is 23.2. The predicted octanol–water partition coefficient (Wildman–Crippen LogP) is -3.04. The lowest BCUT2D eigenvalue weighted by Gasteiger charge is -2.26. The minimum absolute atomic E-state index is 0.101. The van der Waals surface area contributed by atoms with Gasteiger partial charge >= 0.3 is 12.1 Å². The van der Waals surface area contributed by atoms with E-state index in [0.29, 0.717) is 18.4 Å². The molecule has 4 atom stereocenters. The molecule has 0 unspecified atom stereocenters. The number of nitrogens with one attached hydrogen (secondary N) is 4. The van der Waals surface area contributed by atoms with Gasteiger partial charge in [-0.05, 0) is 37.7 Å². The molecule has 1 aromatic rings. The number of hydrogen-bond acceptors (Lipinski definition) is 9. The molecule has 4 amide bonds. The van der Waals surface area contributed by atoms with Crippen LogP contribution in [0.25, 0.3) is 0 Å². The average molecular weight is 718 g/mol. The number of aliphatic imine (C=N–C) groups is 1. The second-order valence-corrected chi connectivity index (χ2v) is 11.3. The van der Waals surface area contributed by atoms with Crippen LogP contribution in [0.4, 0.5) is 13.2 Å². The number of alkyl halides is 3. The van der Waals surface area contributed by atoms with E-state index in [0.717, 1.165) is 5.56 Å². The number of hydrogen-bond donors (Lipinski definition) is 9. The smallest absolute Gasteiger partial charge is 0.430 e. The molecule has 1 rings (SSSR count). The van der Waals surface area contributed by atoms with Gasteiger partial charge in [0.1, 0.15) is 18.4 Å². The third-order valence-corrected chi connectivity index (χ3v) is 6.72. The van der Waals surface area contributed by atoms with Crippen molar-refractivity contribution in [3.05, 3.63) is 47.5 Å². The lowest BCUT2D eigenvalue weighted by molar-refractivity contribution is -0.403. The molecule has 0 bridgehead atoms. The first-order valence-corrected chi connectivity index (χ1v) is 15.2. The van der Waals surface area contributed by atoms with Gasteiger partial charge in [-0.15, -0.1) is 0 Å². The number of amides is 4. The van der Waals surface area contributed by atoms with Crippen LogP contribution in [0.15, 0.2) is 47.0 Å². The molecule has 0 spiro atoms. The highest BCUT2D eigenvalue weighted by atomic mass is 19.4. The van der Waals surface area contributed by atoms with Crippen LogP contribution in [0.5, 0.6) is 0 Å². The Morgan fingerprint density at radius 3 is 2.08 bits per heavy atom. The van der Waals surface area contributed by atoms with E-state index in [1.807, 2.05) is 49.6 Å². The van der Waals surface area contributed by atoms with E-state index in [1.165, 1.54) is 0 Å². The fourth-order valence-corrected chi connectivity index (χ4v) is 4.46. The minimum atomic E-state index is -5.19. The highest BCUT2D eigenvalue weighted by Gasteiger charge is 2.30. The fourth-order valence-electron chi connectivity index (χ4n) is 4.46. The molecule has 14 N–H and O–H groups in total. The van der Waals surface area contributed by atoms with E-state index in [2.05, 4.69) is 26.7 Å². The number of benzene rings is 1. The van der Waals surface area contributed by atoms with Crippen molar-refractivity contribution < 1.29 is 57.9 Å². The number of carbonyl (C=O) groups is 6. The topological polar surface area (TPSA) is 312 Å². The maximum absolute atomic E-state index is 13.6. The summed E-state index contributed by atoms with van der Waals surface area (Å²) >= 11 is 0. The number of carbonyl (C=O) groups excluding carboxylic acids is 5. The third-order valence-electron chi connectivity index (χ3n) is 6.72. The number of rotatable bonds is 18. The van der Waals surface area contributed by atoms with Gasteiger partial charge < -0.3 is 48.2 Å². The fraction of sp³-hybridized carbons (Fsp3) is 0.500. The van der Waals surface area contributed by atoms with Crippen molar-refractivity contribution in [1.29, 1.82) is 0 Å². The van der Waals surface area contributed by atoms with Gasteiger partial charge in [0.15, 0.2) is 12.0 Å². The molecule has 0 saturated heterocycles. The zero-order chi connectivity index (χ0) is 38.6. The average Bonchev–Trinajstić information content (AvgIpc) is 3.00. The Hall–Kier alpha value is -5.24. The maximum atomic E-state index is 13.6. The van der Waals surface area contributed by atoms with Gasteiger partial charge in [-0.2, -0.15) is 13.2 Å². The second kappa shape index (κ2) is 22.4. The molecule has 0 fully saturated rings. The Balaban J connectivity index is 0.00000308. The number of aliphatic carboxylic acids is 2. The van der Waals surface area contributed by atoms with Gasteiger partial charge in [0.25, 0.3) is 11.8 Å². The number of carboxylic acid groups (broad SMARTS) is 2. The van der Waals surface area contributed by atoms with Gasteiger partial charge in [-0.1, -0.05) is 55.8 Å². The molecular weight excluding hydrogens is 671 g/mol. The molecule has 1 aromatic carbocycles. The highest BCUT2D eigenvalue weighted by Crippen LogP contribution is 2.22. The van der Waals surface area contributed by atoms with Gasteiger partial charge in [0.2, 0.25) is 11.8 Å². The maximum Gasteiger partial charge on any atom is 0.430 e. The Morgan fingerprint density at radius 2 is 1.60 bits per heavy atom. The Bertz CT molecular complexity index is 1350. The molecule has 0 aromatic heterocycles. The van der Waals surface area contributed by atoms with Gasteiger partial charge in [0, 0.05) is 6.54 Å². The van der Waals surface area contributed by atoms with Crippen molar-refractivity contribution in [3.8, 4) is 0 Å². The molecule has 20 heteroatoms. The van der Waals surface area contributed by atoms with Crippen LogP contribution in [-0.2, 0) is 35.2 Å². The van der Waals surface area contributed by atoms with Crippen molar-refractivity contribution >= 4 is 41.5 Å². The third kappa shape index (κ3) is 18.9. The Labute approximate surface area is 286 Å². The number of halogens is 3.